The maximum absolute atomic E-state index is 12.3. The number of amides is 1. The molecule has 9 heteroatoms. The van der Waals surface area contributed by atoms with Gasteiger partial charge in [0.1, 0.15) is 0 Å². The number of carbonyl (C=O) groups is 1. The van der Waals surface area contributed by atoms with Crippen molar-refractivity contribution in [1.29, 1.82) is 0 Å². The number of hydrogen-bond donors (Lipinski definition) is 2. The molecule has 1 amide bonds. The van der Waals surface area contributed by atoms with Gasteiger partial charge in [-0.15, -0.1) is 24.8 Å². The fraction of sp³-hybridized carbons (Fsp3) is 0.929. The lowest BCUT2D eigenvalue weighted by atomic mass is 9.93. The second-order valence-electron chi connectivity index (χ2n) is 6.06. The van der Waals surface area contributed by atoms with Crippen LogP contribution in [-0.4, -0.2) is 49.2 Å². The summed E-state index contributed by atoms with van der Waals surface area (Å²) in [5.74, 6) is 0.110. The lowest BCUT2D eigenvalue weighted by Gasteiger charge is -2.32. The molecule has 0 spiro atoms. The molecule has 3 N–H and O–H groups in total. The second kappa shape index (κ2) is 11.3. The Labute approximate surface area is 148 Å². The Morgan fingerprint density at radius 1 is 1.26 bits per heavy atom. The van der Waals surface area contributed by atoms with E-state index in [1.165, 1.54) is 4.90 Å². The lowest BCUT2D eigenvalue weighted by molar-refractivity contribution is -0.148. The standard InChI is InChI=1S/C14H26F3N3O.2ClH/c1-10(11(2)18)13(21)19-6-3-12-4-7-20(8-5-12)9-14(15,16)17;;/h10-12H,3-9,18H2,1-2H3,(H,19,21);2*1H. The minimum Gasteiger partial charge on any atom is -0.356 e. The van der Waals surface area contributed by atoms with Crippen LogP contribution in [0, 0.1) is 11.8 Å². The molecule has 0 aromatic rings. The summed E-state index contributed by atoms with van der Waals surface area (Å²) < 4.78 is 36.8. The number of alkyl halides is 3. The van der Waals surface area contributed by atoms with Crippen molar-refractivity contribution in [2.75, 3.05) is 26.2 Å². The number of rotatable bonds is 6. The van der Waals surface area contributed by atoms with Gasteiger partial charge < -0.3 is 11.1 Å². The van der Waals surface area contributed by atoms with Crippen molar-refractivity contribution in [3.05, 3.63) is 0 Å². The summed E-state index contributed by atoms with van der Waals surface area (Å²) in [5.41, 5.74) is 5.66. The largest absolute Gasteiger partial charge is 0.401 e. The van der Waals surface area contributed by atoms with Crippen LogP contribution in [0.3, 0.4) is 0 Å². The van der Waals surface area contributed by atoms with Gasteiger partial charge in [-0.3, -0.25) is 9.69 Å². The van der Waals surface area contributed by atoms with Crippen molar-refractivity contribution in [3.63, 3.8) is 0 Å². The van der Waals surface area contributed by atoms with Gasteiger partial charge in [-0.1, -0.05) is 6.92 Å². The van der Waals surface area contributed by atoms with E-state index in [0.29, 0.717) is 25.6 Å². The fourth-order valence-corrected chi connectivity index (χ4v) is 2.49. The lowest BCUT2D eigenvalue weighted by Crippen LogP contribution is -2.41. The van der Waals surface area contributed by atoms with Crippen LogP contribution in [-0.2, 0) is 4.79 Å². The van der Waals surface area contributed by atoms with Crippen molar-refractivity contribution in [2.24, 2.45) is 17.6 Å². The number of nitrogens with zero attached hydrogens (tertiary/aromatic N) is 1. The zero-order chi connectivity index (χ0) is 16.0. The van der Waals surface area contributed by atoms with E-state index in [2.05, 4.69) is 5.32 Å². The highest BCUT2D eigenvalue weighted by Crippen LogP contribution is 2.23. The van der Waals surface area contributed by atoms with E-state index < -0.39 is 12.7 Å². The molecule has 0 aromatic heterocycles. The highest BCUT2D eigenvalue weighted by molar-refractivity contribution is 5.85. The summed E-state index contributed by atoms with van der Waals surface area (Å²) in [6.07, 6.45) is -1.78. The van der Waals surface area contributed by atoms with Crippen molar-refractivity contribution in [2.45, 2.75) is 45.3 Å². The van der Waals surface area contributed by atoms with Gasteiger partial charge in [-0.2, -0.15) is 13.2 Å². The van der Waals surface area contributed by atoms with Gasteiger partial charge in [0.2, 0.25) is 5.91 Å². The van der Waals surface area contributed by atoms with Crippen molar-refractivity contribution in [3.8, 4) is 0 Å². The Kier molecular flexibility index (Phi) is 12.3. The minimum atomic E-state index is -4.12. The van der Waals surface area contributed by atoms with Crippen LogP contribution in [0.4, 0.5) is 13.2 Å². The average Bonchev–Trinajstić information content (AvgIpc) is 2.38. The molecule has 2 unspecified atom stereocenters. The number of carbonyl (C=O) groups excluding carboxylic acids is 1. The number of likely N-dealkylation sites (tertiary alicyclic amines) is 1. The first-order chi connectivity index (χ1) is 9.69. The SMILES string of the molecule is CC(N)C(C)C(=O)NCCC1CCN(CC(F)(F)F)CC1.Cl.Cl. The summed E-state index contributed by atoms with van der Waals surface area (Å²) in [6.45, 7) is 4.29. The quantitative estimate of drug-likeness (QED) is 0.743. The molecule has 4 nitrogen and oxygen atoms in total. The van der Waals surface area contributed by atoms with E-state index >= 15 is 0 Å². The monoisotopic (exact) mass is 381 g/mol. The molecule has 0 aliphatic carbocycles. The van der Waals surface area contributed by atoms with E-state index in [4.69, 9.17) is 5.73 Å². The van der Waals surface area contributed by atoms with Crippen LogP contribution < -0.4 is 11.1 Å². The summed E-state index contributed by atoms with van der Waals surface area (Å²) in [5, 5.41) is 2.85. The molecule has 0 aromatic carbocycles. The molecule has 0 bridgehead atoms. The van der Waals surface area contributed by atoms with Gasteiger partial charge in [-0.05, 0) is 45.2 Å². The third kappa shape index (κ3) is 10.3. The van der Waals surface area contributed by atoms with E-state index in [9.17, 15) is 18.0 Å². The first kappa shape index (κ1) is 25.0. The number of nitrogens with one attached hydrogen (secondary N) is 1. The Balaban J connectivity index is 0. The van der Waals surface area contributed by atoms with Crippen LogP contribution >= 0.6 is 24.8 Å². The molecule has 0 saturated carbocycles. The molecule has 1 aliphatic heterocycles. The van der Waals surface area contributed by atoms with E-state index in [0.717, 1.165) is 19.3 Å². The molecule has 23 heavy (non-hydrogen) atoms. The van der Waals surface area contributed by atoms with Crippen LogP contribution in [0.15, 0.2) is 0 Å². The van der Waals surface area contributed by atoms with Crippen molar-refractivity contribution in [1.82, 2.24) is 10.2 Å². The van der Waals surface area contributed by atoms with Gasteiger partial charge >= 0.3 is 6.18 Å². The van der Waals surface area contributed by atoms with Gasteiger partial charge in [0.05, 0.1) is 6.54 Å². The summed E-state index contributed by atoms with van der Waals surface area (Å²) in [4.78, 5) is 13.2. The zero-order valence-corrected chi connectivity index (χ0v) is 15.2. The predicted octanol–water partition coefficient (Wildman–Crippen LogP) is 2.59. The normalized spacial score (nSPS) is 19.2. The number of piperidine rings is 1. The van der Waals surface area contributed by atoms with E-state index in [-0.39, 0.29) is 42.7 Å². The Morgan fingerprint density at radius 3 is 2.22 bits per heavy atom. The highest BCUT2D eigenvalue weighted by Gasteiger charge is 2.32. The first-order valence-electron chi connectivity index (χ1n) is 7.51. The number of halogens is 5. The predicted molar refractivity (Wildman–Crippen MR) is 90.2 cm³/mol. The zero-order valence-electron chi connectivity index (χ0n) is 13.6. The van der Waals surface area contributed by atoms with Crippen molar-refractivity contribution >= 4 is 30.7 Å². The molecule has 0 radical (unpaired) electrons. The molecule has 1 heterocycles. The molecular formula is C14H28Cl2F3N3O. The first-order valence-corrected chi connectivity index (χ1v) is 7.51. The summed E-state index contributed by atoms with van der Waals surface area (Å²) in [7, 11) is 0. The smallest absolute Gasteiger partial charge is 0.356 e. The molecule has 1 saturated heterocycles. The Morgan fingerprint density at radius 2 is 1.78 bits per heavy atom. The molecule has 1 fully saturated rings. The number of nitrogens with two attached hydrogens (primary N) is 1. The molecular weight excluding hydrogens is 354 g/mol. The van der Waals surface area contributed by atoms with Gasteiger partial charge in [0, 0.05) is 18.5 Å². The van der Waals surface area contributed by atoms with E-state index in [1.54, 1.807) is 13.8 Å². The maximum atomic E-state index is 12.3. The van der Waals surface area contributed by atoms with Crippen LogP contribution in [0.2, 0.25) is 0 Å². The summed E-state index contributed by atoms with van der Waals surface area (Å²) in [6, 6.07) is -0.185. The van der Waals surface area contributed by atoms with Gasteiger partial charge in [-0.25, -0.2) is 0 Å². The molecule has 1 aliphatic rings. The highest BCUT2D eigenvalue weighted by atomic mass is 35.5. The van der Waals surface area contributed by atoms with Crippen LogP contribution in [0.1, 0.15) is 33.1 Å². The third-order valence-electron chi connectivity index (χ3n) is 4.16. The average molecular weight is 382 g/mol. The molecule has 2 atom stereocenters. The number of hydrogen-bond acceptors (Lipinski definition) is 3. The Hall–Kier alpha value is -0.240. The Bertz CT molecular complexity index is 336. The molecule has 1 rings (SSSR count). The van der Waals surface area contributed by atoms with Crippen LogP contribution in [0.5, 0.6) is 0 Å². The fourth-order valence-electron chi connectivity index (χ4n) is 2.49. The van der Waals surface area contributed by atoms with Gasteiger partial charge in [0.15, 0.2) is 0 Å². The maximum Gasteiger partial charge on any atom is 0.401 e. The van der Waals surface area contributed by atoms with Crippen LogP contribution in [0.25, 0.3) is 0 Å². The topological polar surface area (TPSA) is 58.4 Å². The van der Waals surface area contributed by atoms with Crippen molar-refractivity contribution < 1.29 is 18.0 Å². The summed E-state index contributed by atoms with van der Waals surface area (Å²) >= 11 is 0. The second-order valence-corrected chi connectivity index (χ2v) is 6.06. The third-order valence-corrected chi connectivity index (χ3v) is 4.16. The minimum absolute atomic E-state index is 0. The van der Waals surface area contributed by atoms with Gasteiger partial charge in [0.25, 0.3) is 0 Å². The van der Waals surface area contributed by atoms with E-state index in [1.807, 2.05) is 0 Å². The molecule has 140 valence electrons.